The van der Waals surface area contributed by atoms with Crippen LogP contribution < -0.4 is 5.73 Å². The fourth-order valence-electron chi connectivity index (χ4n) is 3.66. The highest BCUT2D eigenvalue weighted by molar-refractivity contribution is 6.34. The minimum atomic E-state index is -0.444. The maximum Gasteiger partial charge on any atom is 0.180 e. The molecule has 150 valence electrons. The molecule has 1 aliphatic heterocycles. The van der Waals surface area contributed by atoms with E-state index in [1.165, 1.54) is 6.20 Å². The zero-order valence-corrected chi connectivity index (χ0v) is 16.4. The molecular weight excluding hydrogens is 382 g/mol. The van der Waals surface area contributed by atoms with E-state index in [-0.39, 0.29) is 0 Å². The van der Waals surface area contributed by atoms with Gasteiger partial charge in [0.2, 0.25) is 0 Å². The van der Waals surface area contributed by atoms with Crippen molar-refractivity contribution in [2.24, 2.45) is 0 Å². The standard InChI is InChI=1S/C18H24ClN7O2/c1-28-10-13(27)9-25-4-2-12(3-5-25)26-8-11(6-22-26)17-23-16-15(20)14(19)7-21-18(16)24-17/h6-8,12-13,27H,2-5,9-10H2,1H3,(H3,20,21,23,24). The number of nitrogen functional groups attached to an aromatic ring is 1. The average molecular weight is 406 g/mol. The summed E-state index contributed by atoms with van der Waals surface area (Å²) in [5.74, 6) is 0.669. The number of methoxy groups -OCH3 is 1. The molecule has 4 N–H and O–H groups in total. The molecule has 1 atom stereocenters. The lowest BCUT2D eigenvalue weighted by molar-refractivity contribution is 0.0293. The highest BCUT2D eigenvalue weighted by Crippen LogP contribution is 2.29. The minimum absolute atomic E-state index is 0.326. The minimum Gasteiger partial charge on any atom is -0.396 e. The first-order valence-electron chi connectivity index (χ1n) is 9.28. The van der Waals surface area contributed by atoms with Crippen molar-refractivity contribution in [3.05, 3.63) is 23.6 Å². The molecule has 1 unspecified atom stereocenters. The number of likely N-dealkylation sites (tertiary alicyclic amines) is 1. The Balaban J connectivity index is 1.43. The van der Waals surface area contributed by atoms with Gasteiger partial charge in [0.05, 0.1) is 47.4 Å². The van der Waals surface area contributed by atoms with Crippen LogP contribution in [0.5, 0.6) is 0 Å². The lowest BCUT2D eigenvalue weighted by Gasteiger charge is -2.33. The number of pyridine rings is 1. The molecule has 4 rings (SSSR count). The van der Waals surface area contributed by atoms with E-state index < -0.39 is 6.10 Å². The number of aromatic amines is 1. The first-order valence-corrected chi connectivity index (χ1v) is 9.66. The van der Waals surface area contributed by atoms with E-state index in [4.69, 9.17) is 22.1 Å². The Hall–Kier alpha value is -2.20. The van der Waals surface area contributed by atoms with Crippen LogP contribution in [0.15, 0.2) is 18.6 Å². The third-order valence-corrected chi connectivity index (χ3v) is 5.45. The topological polar surface area (TPSA) is 118 Å². The summed E-state index contributed by atoms with van der Waals surface area (Å²) < 4.78 is 6.99. The summed E-state index contributed by atoms with van der Waals surface area (Å²) in [7, 11) is 1.60. The summed E-state index contributed by atoms with van der Waals surface area (Å²) in [6, 6.07) is 0.326. The van der Waals surface area contributed by atoms with Crippen LogP contribution in [0, 0.1) is 0 Å². The molecule has 1 aliphatic rings. The van der Waals surface area contributed by atoms with E-state index in [9.17, 15) is 5.11 Å². The number of aliphatic hydroxyl groups is 1. The number of nitrogens with one attached hydrogen (secondary N) is 1. The van der Waals surface area contributed by atoms with Gasteiger partial charge >= 0.3 is 0 Å². The van der Waals surface area contributed by atoms with Crippen molar-refractivity contribution in [1.29, 1.82) is 0 Å². The van der Waals surface area contributed by atoms with E-state index >= 15 is 0 Å². The molecule has 0 saturated carbocycles. The SMILES string of the molecule is COCC(O)CN1CCC(n2cc(-c3nc4ncc(Cl)c(N)c4[nH]3)cn2)CC1. The zero-order chi connectivity index (χ0) is 19.7. The highest BCUT2D eigenvalue weighted by atomic mass is 35.5. The van der Waals surface area contributed by atoms with Crippen LogP contribution in [0.3, 0.4) is 0 Å². The van der Waals surface area contributed by atoms with Crippen LogP contribution in [-0.2, 0) is 4.74 Å². The number of anilines is 1. The van der Waals surface area contributed by atoms with Crippen LogP contribution in [-0.4, -0.2) is 74.2 Å². The summed E-state index contributed by atoms with van der Waals surface area (Å²) in [6.45, 7) is 2.85. The Morgan fingerprint density at radius 1 is 1.39 bits per heavy atom. The second-order valence-electron chi connectivity index (χ2n) is 7.15. The van der Waals surface area contributed by atoms with E-state index in [0.717, 1.165) is 31.5 Å². The van der Waals surface area contributed by atoms with Gasteiger partial charge in [0.15, 0.2) is 5.65 Å². The summed E-state index contributed by atoms with van der Waals surface area (Å²) in [4.78, 5) is 14.2. The number of halogens is 1. The fraction of sp³-hybridized carbons (Fsp3) is 0.500. The van der Waals surface area contributed by atoms with Crippen molar-refractivity contribution >= 4 is 28.5 Å². The molecular formula is C18H24ClN7O2. The Morgan fingerprint density at radius 2 is 2.18 bits per heavy atom. The third-order valence-electron chi connectivity index (χ3n) is 5.15. The Kier molecular flexibility index (Phi) is 5.49. The number of hydrogen-bond donors (Lipinski definition) is 3. The van der Waals surface area contributed by atoms with E-state index in [1.807, 2.05) is 10.9 Å². The lowest BCUT2D eigenvalue weighted by Crippen LogP contribution is -2.40. The second-order valence-corrected chi connectivity index (χ2v) is 7.56. The normalized spacial score (nSPS) is 17.4. The molecule has 0 aliphatic carbocycles. The number of nitrogens with zero attached hydrogens (tertiary/aromatic N) is 5. The van der Waals surface area contributed by atoms with Crippen molar-refractivity contribution in [2.75, 3.05) is 39.1 Å². The number of imidazole rings is 1. The van der Waals surface area contributed by atoms with E-state index in [0.29, 0.717) is 46.9 Å². The van der Waals surface area contributed by atoms with E-state index in [2.05, 4.69) is 25.0 Å². The van der Waals surface area contributed by atoms with Crippen molar-refractivity contribution < 1.29 is 9.84 Å². The van der Waals surface area contributed by atoms with Crippen molar-refractivity contribution in [2.45, 2.75) is 25.0 Å². The molecule has 0 bridgehead atoms. The largest absolute Gasteiger partial charge is 0.396 e. The maximum atomic E-state index is 9.89. The number of ether oxygens (including phenoxy) is 1. The van der Waals surface area contributed by atoms with Crippen LogP contribution in [0.25, 0.3) is 22.6 Å². The number of aromatic nitrogens is 5. The smallest absolute Gasteiger partial charge is 0.180 e. The van der Waals surface area contributed by atoms with Gasteiger partial charge in [-0.15, -0.1) is 0 Å². The van der Waals surface area contributed by atoms with Crippen molar-refractivity contribution in [1.82, 2.24) is 29.6 Å². The predicted octanol–water partition coefficient (Wildman–Crippen LogP) is 1.70. The van der Waals surface area contributed by atoms with E-state index in [1.54, 1.807) is 13.3 Å². The third kappa shape index (κ3) is 3.83. The van der Waals surface area contributed by atoms with Gasteiger partial charge in [-0.25, -0.2) is 9.97 Å². The molecule has 1 saturated heterocycles. The van der Waals surface area contributed by atoms with Gasteiger partial charge in [-0.3, -0.25) is 4.68 Å². The number of fused-ring (bicyclic) bond motifs is 1. The number of piperidine rings is 1. The van der Waals surface area contributed by atoms with Gasteiger partial charge < -0.3 is 25.5 Å². The Labute approximate surface area is 167 Å². The first-order chi connectivity index (χ1) is 13.5. The van der Waals surface area contributed by atoms with Gasteiger partial charge in [-0.2, -0.15) is 5.10 Å². The van der Waals surface area contributed by atoms with Gasteiger partial charge in [-0.1, -0.05) is 11.6 Å². The number of aliphatic hydroxyl groups excluding tert-OH is 1. The van der Waals surface area contributed by atoms with Crippen molar-refractivity contribution in [3.63, 3.8) is 0 Å². The lowest BCUT2D eigenvalue weighted by atomic mass is 10.0. The molecule has 4 heterocycles. The van der Waals surface area contributed by atoms with Crippen LogP contribution in [0.4, 0.5) is 5.69 Å². The van der Waals surface area contributed by atoms with Gasteiger partial charge in [0, 0.05) is 32.9 Å². The van der Waals surface area contributed by atoms with Gasteiger partial charge in [0.1, 0.15) is 11.3 Å². The zero-order valence-electron chi connectivity index (χ0n) is 15.7. The number of nitrogens with two attached hydrogens (primary N) is 1. The molecule has 3 aromatic rings. The van der Waals surface area contributed by atoms with Gasteiger partial charge in [-0.05, 0) is 12.8 Å². The summed E-state index contributed by atoms with van der Waals surface area (Å²) in [5.41, 5.74) is 8.50. The highest BCUT2D eigenvalue weighted by Gasteiger charge is 2.23. The van der Waals surface area contributed by atoms with Gasteiger partial charge in [0.25, 0.3) is 0 Å². The molecule has 0 spiro atoms. The maximum absolute atomic E-state index is 9.89. The predicted molar refractivity (Wildman–Crippen MR) is 107 cm³/mol. The first kappa shape index (κ1) is 19.1. The summed E-state index contributed by atoms with van der Waals surface area (Å²) in [5, 5.41) is 14.8. The summed E-state index contributed by atoms with van der Waals surface area (Å²) in [6.07, 6.45) is 6.81. The molecule has 1 fully saturated rings. The quantitative estimate of drug-likeness (QED) is 0.571. The number of β-amino-alcohol motifs (C(OH)–C–C–N with tert-alkyl or cyclic N) is 1. The van der Waals surface area contributed by atoms with Crippen LogP contribution in [0.1, 0.15) is 18.9 Å². The van der Waals surface area contributed by atoms with Crippen LogP contribution >= 0.6 is 11.6 Å². The number of rotatable bonds is 6. The average Bonchev–Trinajstić information content (AvgIpc) is 3.33. The molecule has 0 amide bonds. The molecule has 0 radical (unpaired) electrons. The second kappa shape index (κ2) is 8.04. The summed E-state index contributed by atoms with van der Waals surface area (Å²) >= 11 is 6.03. The molecule has 28 heavy (non-hydrogen) atoms. The Morgan fingerprint density at radius 3 is 2.93 bits per heavy atom. The molecule has 3 aromatic heterocycles. The molecule has 10 heteroatoms. The molecule has 0 aromatic carbocycles. The molecule has 9 nitrogen and oxygen atoms in total. The Bertz CT molecular complexity index is 949. The van der Waals surface area contributed by atoms with Crippen LogP contribution in [0.2, 0.25) is 5.02 Å². The fourth-order valence-corrected chi connectivity index (χ4v) is 3.80. The monoisotopic (exact) mass is 405 g/mol. The van der Waals surface area contributed by atoms with Crippen molar-refractivity contribution in [3.8, 4) is 11.4 Å². The number of H-pyrrole nitrogens is 1. The number of hydrogen-bond acceptors (Lipinski definition) is 7.